The third kappa shape index (κ3) is 2.44. The first-order valence-electron chi connectivity index (χ1n) is 7.47. The molecule has 1 fully saturated rings. The number of fused-ring (bicyclic) bond motifs is 1. The predicted octanol–water partition coefficient (Wildman–Crippen LogP) is 3.24. The zero-order valence-electron chi connectivity index (χ0n) is 12.9. The number of imidazole rings is 1. The largest absolute Gasteiger partial charge is 0.311 e. The van der Waals surface area contributed by atoms with Gasteiger partial charge < -0.3 is 4.57 Å². The number of pyridine rings is 1. The summed E-state index contributed by atoms with van der Waals surface area (Å²) in [6.45, 7) is 8.93. The van der Waals surface area contributed by atoms with Crippen LogP contribution in [0.1, 0.15) is 45.5 Å². The smallest absolute Gasteiger partial charge is 0.160 e. The van der Waals surface area contributed by atoms with Gasteiger partial charge in [0.1, 0.15) is 11.3 Å². The van der Waals surface area contributed by atoms with E-state index < -0.39 is 0 Å². The second-order valence-corrected chi connectivity index (χ2v) is 7.10. The maximum absolute atomic E-state index is 4.89. The first-order valence-corrected chi connectivity index (χ1v) is 7.47. The molecule has 20 heavy (non-hydrogen) atoms. The fourth-order valence-corrected chi connectivity index (χ4v) is 3.10. The Hall–Kier alpha value is -1.42. The summed E-state index contributed by atoms with van der Waals surface area (Å²) < 4.78 is 2.34. The van der Waals surface area contributed by atoms with Gasteiger partial charge in [0.05, 0.1) is 6.04 Å². The average molecular weight is 272 g/mol. The first kappa shape index (κ1) is 13.6. The number of nitrogens with zero attached hydrogens (tertiary/aromatic N) is 4. The molecule has 108 valence electrons. The van der Waals surface area contributed by atoms with Crippen LogP contribution >= 0.6 is 0 Å². The first-order chi connectivity index (χ1) is 9.46. The van der Waals surface area contributed by atoms with E-state index >= 15 is 0 Å². The quantitative estimate of drug-likeness (QED) is 0.841. The molecule has 3 rings (SSSR count). The van der Waals surface area contributed by atoms with Crippen LogP contribution in [-0.4, -0.2) is 33.0 Å². The van der Waals surface area contributed by atoms with E-state index in [1.54, 1.807) is 0 Å². The fraction of sp³-hybridized carbons (Fsp3) is 0.625. The van der Waals surface area contributed by atoms with E-state index in [4.69, 9.17) is 4.98 Å². The van der Waals surface area contributed by atoms with Crippen LogP contribution in [0.2, 0.25) is 0 Å². The molecular formula is C16H24N4. The molecule has 3 heterocycles. The van der Waals surface area contributed by atoms with Crippen LogP contribution in [0.3, 0.4) is 0 Å². The summed E-state index contributed by atoms with van der Waals surface area (Å²) in [6.07, 6.45) is 4.32. The average Bonchev–Trinajstić information content (AvgIpc) is 2.92. The highest BCUT2D eigenvalue weighted by atomic mass is 15.2. The van der Waals surface area contributed by atoms with E-state index in [9.17, 15) is 0 Å². The van der Waals surface area contributed by atoms with E-state index in [0.29, 0.717) is 6.04 Å². The SMILES string of the molecule is CN1CCCC1c1nc2cccnc2n1CC(C)(C)C. The topological polar surface area (TPSA) is 34.0 Å². The summed E-state index contributed by atoms with van der Waals surface area (Å²) in [7, 11) is 2.20. The lowest BCUT2D eigenvalue weighted by atomic mass is 9.96. The second-order valence-electron chi connectivity index (χ2n) is 7.10. The Morgan fingerprint density at radius 3 is 2.80 bits per heavy atom. The monoisotopic (exact) mass is 272 g/mol. The Labute approximate surface area is 120 Å². The third-order valence-electron chi connectivity index (χ3n) is 3.98. The van der Waals surface area contributed by atoms with Gasteiger partial charge >= 0.3 is 0 Å². The lowest BCUT2D eigenvalue weighted by molar-refractivity contribution is 0.280. The molecule has 2 aromatic heterocycles. The van der Waals surface area contributed by atoms with Crippen molar-refractivity contribution in [3.63, 3.8) is 0 Å². The van der Waals surface area contributed by atoms with Gasteiger partial charge in [-0.15, -0.1) is 0 Å². The summed E-state index contributed by atoms with van der Waals surface area (Å²) >= 11 is 0. The molecule has 0 aromatic carbocycles. The highest BCUT2D eigenvalue weighted by molar-refractivity contribution is 5.71. The normalized spacial score (nSPS) is 20.9. The van der Waals surface area contributed by atoms with E-state index in [1.807, 2.05) is 12.3 Å². The molecule has 1 aliphatic rings. The van der Waals surface area contributed by atoms with Crippen molar-refractivity contribution in [1.29, 1.82) is 0 Å². The molecule has 0 aliphatic carbocycles. The number of hydrogen-bond donors (Lipinski definition) is 0. The van der Waals surface area contributed by atoms with Crippen LogP contribution in [0, 0.1) is 5.41 Å². The maximum Gasteiger partial charge on any atom is 0.160 e. The lowest BCUT2D eigenvalue weighted by Crippen LogP contribution is -2.24. The van der Waals surface area contributed by atoms with Crippen molar-refractivity contribution in [2.75, 3.05) is 13.6 Å². The van der Waals surface area contributed by atoms with Gasteiger partial charge in [0.25, 0.3) is 0 Å². The summed E-state index contributed by atoms with van der Waals surface area (Å²) in [5.74, 6) is 1.19. The van der Waals surface area contributed by atoms with Crippen LogP contribution in [0.4, 0.5) is 0 Å². The zero-order chi connectivity index (χ0) is 14.3. The Bertz CT molecular complexity index is 608. The Morgan fingerprint density at radius 2 is 2.15 bits per heavy atom. The van der Waals surface area contributed by atoms with Gasteiger partial charge in [-0.05, 0) is 44.0 Å². The summed E-state index contributed by atoms with van der Waals surface area (Å²) in [4.78, 5) is 11.9. The molecule has 4 heteroatoms. The lowest BCUT2D eigenvalue weighted by Gasteiger charge is -2.25. The Morgan fingerprint density at radius 1 is 1.35 bits per heavy atom. The van der Waals surface area contributed by atoms with Crippen molar-refractivity contribution in [1.82, 2.24) is 19.4 Å². The van der Waals surface area contributed by atoms with Gasteiger partial charge in [0.2, 0.25) is 0 Å². The minimum atomic E-state index is 0.219. The number of likely N-dealkylation sites (tertiary alicyclic amines) is 1. The minimum absolute atomic E-state index is 0.219. The molecule has 0 spiro atoms. The van der Waals surface area contributed by atoms with Crippen LogP contribution < -0.4 is 0 Å². The highest BCUT2D eigenvalue weighted by Crippen LogP contribution is 2.33. The standard InChI is InChI=1S/C16H24N4/c1-16(2,3)11-20-14-12(7-5-9-17-14)18-15(20)13-8-6-10-19(13)4/h5,7,9,13H,6,8,10-11H2,1-4H3. The molecule has 1 saturated heterocycles. The van der Waals surface area contributed by atoms with Crippen molar-refractivity contribution in [2.24, 2.45) is 5.41 Å². The van der Waals surface area contributed by atoms with Crippen LogP contribution in [0.15, 0.2) is 18.3 Å². The molecule has 2 aromatic rings. The van der Waals surface area contributed by atoms with E-state index in [0.717, 1.165) is 24.3 Å². The van der Waals surface area contributed by atoms with Crippen LogP contribution in [0.25, 0.3) is 11.2 Å². The highest BCUT2D eigenvalue weighted by Gasteiger charge is 2.29. The van der Waals surface area contributed by atoms with Crippen molar-refractivity contribution in [3.05, 3.63) is 24.2 Å². The zero-order valence-corrected chi connectivity index (χ0v) is 12.9. The minimum Gasteiger partial charge on any atom is -0.311 e. The van der Waals surface area contributed by atoms with Crippen molar-refractivity contribution in [3.8, 4) is 0 Å². The number of aromatic nitrogens is 3. The molecule has 0 radical (unpaired) electrons. The third-order valence-corrected chi connectivity index (χ3v) is 3.98. The molecule has 4 nitrogen and oxygen atoms in total. The second kappa shape index (κ2) is 4.85. The van der Waals surface area contributed by atoms with E-state index in [-0.39, 0.29) is 5.41 Å². The molecule has 0 bridgehead atoms. The van der Waals surface area contributed by atoms with Crippen molar-refractivity contribution >= 4 is 11.2 Å². The fourth-order valence-electron chi connectivity index (χ4n) is 3.10. The van der Waals surface area contributed by atoms with Gasteiger partial charge in [0.15, 0.2) is 5.65 Å². The van der Waals surface area contributed by atoms with Gasteiger partial charge in [-0.2, -0.15) is 0 Å². The molecule has 0 amide bonds. The number of hydrogen-bond acceptors (Lipinski definition) is 3. The van der Waals surface area contributed by atoms with Crippen molar-refractivity contribution < 1.29 is 0 Å². The summed E-state index contributed by atoms with van der Waals surface area (Å²) in [5, 5.41) is 0. The molecule has 0 N–H and O–H groups in total. The van der Waals surface area contributed by atoms with Gasteiger partial charge in [0, 0.05) is 12.7 Å². The molecule has 1 atom stereocenters. The van der Waals surface area contributed by atoms with Gasteiger partial charge in [-0.25, -0.2) is 9.97 Å². The van der Waals surface area contributed by atoms with Crippen LogP contribution in [-0.2, 0) is 6.54 Å². The molecular weight excluding hydrogens is 248 g/mol. The molecule has 1 aliphatic heterocycles. The van der Waals surface area contributed by atoms with E-state index in [1.165, 1.54) is 18.7 Å². The number of rotatable bonds is 2. The molecule has 0 saturated carbocycles. The Kier molecular flexibility index (Phi) is 3.28. The summed E-state index contributed by atoms with van der Waals surface area (Å²) in [6, 6.07) is 4.48. The summed E-state index contributed by atoms with van der Waals surface area (Å²) in [5.41, 5.74) is 2.27. The van der Waals surface area contributed by atoms with Gasteiger partial charge in [-0.1, -0.05) is 20.8 Å². The van der Waals surface area contributed by atoms with Crippen molar-refractivity contribution in [2.45, 2.75) is 46.2 Å². The van der Waals surface area contributed by atoms with E-state index in [2.05, 4.69) is 48.3 Å². The molecule has 1 unspecified atom stereocenters. The predicted molar refractivity (Wildman–Crippen MR) is 81.6 cm³/mol. The Balaban J connectivity index is 2.12. The van der Waals surface area contributed by atoms with Crippen LogP contribution in [0.5, 0.6) is 0 Å². The maximum atomic E-state index is 4.89. The van der Waals surface area contributed by atoms with Gasteiger partial charge in [-0.3, -0.25) is 4.90 Å².